The first-order chi connectivity index (χ1) is 64.5. The molecule has 0 saturated carbocycles. The molecule has 0 unspecified atom stereocenters. The number of hydrogen-bond acceptors (Lipinski definition) is 22. The SMILES string of the molecule is CCCC[C@H]1C(=O)N(C)[C@@H](CCCC)C(=O)N[C@@H](CCCN)C(=O)N[C@H](C(=O)NCC(N)=O)CSCC(=O)N[C@@H](Cc2ccc(O)cc2)C(=O)N(C)[C@@H](C)C(=O)N[C@@H](CC(N)=O)C(=O)N2CCC[C@H]2C(=O)N[C@@H](CN)C(=O)N[C@@H](CC(C)C)C(=O)N2C[C@H](Cc3ccccc3)C[C@H]2C(=O)C[C@@H](Cc2c[nH]c3ccccc23)C(=O)N[C@@H](CO)C(=O)N[C@@H](Cc2c[nH]c3ccccc23)C(=O)N1C. The lowest BCUT2D eigenvalue weighted by Crippen LogP contribution is -2.61. The van der Waals surface area contributed by atoms with Gasteiger partial charge in [0.2, 0.25) is 94.5 Å². The predicted octanol–water partition coefficient (Wildman–Crippen LogP) is 0.128. The lowest BCUT2D eigenvalue weighted by atomic mass is 9.88. The number of rotatable bonds is 26. The van der Waals surface area contributed by atoms with E-state index in [-0.39, 0.29) is 108 Å². The summed E-state index contributed by atoms with van der Waals surface area (Å²) in [6.45, 7) is 6.24. The zero-order valence-corrected chi connectivity index (χ0v) is 78.7. The van der Waals surface area contributed by atoms with Gasteiger partial charge in [0.15, 0.2) is 5.78 Å². The molecule has 0 bridgehead atoms. The van der Waals surface area contributed by atoms with Crippen molar-refractivity contribution >= 4 is 134 Å². The summed E-state index contributed by atoms with van der Waals surface area (Å²) in [6, 6.07) is 10.0. The number of Topliss-reactive ketones (excluding diaryl/α,β-unsaturated/α-hetero) is 1. The molecule has 135 heavy (non-hydrogen) atoms. The molecule has 6 aromatic rings. The molecule has 0 spiro atoms. The van der Waals surface area contributed by atoms with Crippen LogP contribution in [0.3, 0.4) is 0 Å². The van der Waals surface area contributed by atoms with Crippen LogP contribution in [-0.4, -0.2) is 296 Å². The predicted molar refractivity (Wildman–Crippen MR) is 504 cm³/mol. The summed E-state index contributed by atoms with van der Waals surface area (Å²) < 4.78 is 0. The van der Waals surface area contributed by atoms with Crippen molar-refractivity contribution in [2.75, 3.05) is 72.0 Å². The second-order valence-electron chi connectivity index (χ2n) is 35.6. The number of likely N-dealkylation sites (N-methyl/N-ethyl adjacent to an activating group) is 3. The molecule has 3 saturated heterocycles. The molecule has 0 aliphatic carbocycles. The van der Waals surface area contributed by atoms with E-state index in [1.54, 1.807) is 62.6 Å². The van der Waals surface area contributed by atoms with E-state index in [1.807, 2.05) is 56.3 Å². The molecule has 4 aromatic carbocycles. The molecule has 15 atom stereocenters. The molecule has 2 aromatic heterocycles. The van der Waals surface area contributed by atoms with E-state index < -0.39 is 229 Å². The highest BCUT2D eigenvalue weighted by atomic mass is 32.2. The number of H-pyrrole nitrogens is 2. The van der Waals surface area contributed by atoms with Crippen LogP contribution < -0.4 is 70.8 Å². The highest BCUT2D eigenvalue weighted by molar-refractivity contribution is 8.00. The Kier molecular flexibility index (Phi) is 40.0. The molecule has 40 heteroatoms. The second-order valence-corrected chi connectivity index (χ2v) is 36.6. The van der Waals surface area contributed by atoms with Gasteiger partial charge in [0.1, 0.15) is 78.3 Å². The molecule has 3 aliphatic heterocycles. The Bertz CT molecular complexity index is 5170. The smallest absolute Gasteiger partial charge is 0.246 e. The van der Waals surface area contributed by atoms with Gasteiger partial charge >= 0.3 is 0 Å². The second kappa shape index (κ2) is 51.0. The van der Waals surface area contributed by atoms with E-state index in [9.17, 15) is 58.2 Å². The number of unbranched alkanes of at least 4 members (excludes halogenated alkanes) is 2. The Labute approximate surface area is 788 Å². The van der Waals surface area contributed by atoms with Crippen molar-refractivity contribution in [2.24, 2.45) is 40.7 Å². The fourth-order valence-electron chi connectivity index (χ4n) is 17.5. The molecule has 0 radical (unpaired) electrons. The van der Waals surface area contributed by atoms with Crippen molar-refractivity contribution in [3.8, 4) is 5.75 Å². The number of carbonyl (C=O) groups excluding carboxylic acids is 17. The number of amides is 16. The Morgan fingerprint density at radius 1 is 0.526 bits per heavy atom. The van der Waals surface area contributed by atoms with Gasteiger partial charge in [-0.25, -0.2) is 0 Å². The van der Waals surface area contributed by atoms with Crippen LogP contribution in [0.25, 0.3) is 21.8 Å². The van der Waals surface area contributed by atoms with E-state index in [0.717, 1.165) is 27.1 Å². The molecule has 16 amide bonds. The van der Waals surface area contributed by atoms with Gasteiger partial charge in [-0.3, -0.25) is 81.5 Å². The molecular weight excluding hydrogens is 1760 g/mol. The number of aromatic nitrogens is 2. The van der Waals surface area contributed by atoms with Crippen molar-refractivity contribution in [1.82, 2.24) is 82.3 Å². The number of primary amides is 2. The number of nitrogens with two attached hydrogens (primary N) is 4. The number of aliphatic hydroxyl groups excluding tert-OH is 1. The van der Waals surface area contributed by atoms with Crippen molar-refractivity contribution in [2.45, 2.75) is 229 Å². The molecule has 5 heterocycles. The van der Waals surface area contributed by atoms with Gasteiger partial charge in [-0.05, 0) is 136 Å². The number of benzene rings is 4. The Morgan fingerprint density at radius 3 is 1.69 bits per heavy atom. The molecule has 9 rings (SSSR count). The van der Waals surface area contributed by atoms with Gasteiger partial charge in [0, 0.05) is 106 Å². The first-order valence-corrected chi connectivity index (χ1v) is 47.3. The van der Waals surface area contributed by atoms with E-state index in [1.165, 1.54) is 67.0 Å². The highest BCUT2D eigenvalue weighted by Gasteiger charge is 2.47. The van der Waals surface area contributed by atoms with Crippen LogP contribution in [0, 0.1) is 17.8 Å². The van der Waals surface area contributed by atoms with Gasteiger partial charge in [0.25, 0.3) is 0 Å². The summed E-state index contributed by atoms with van der Waals surface area (Å²) in [5.74, 6) is -18.0. The highest BCUT2D eigenvalue weighted by Crippen LogP contribution is 2.33. The third kappa shape index (κ3) is 29.3. The first kappa shape index (κ1) is 106. The number of aromatic hydroxyl groups is 1. The normalized spacial score (nSPS) is 24.9. The minimum absolute atomic E-state index is 0.00360. The van der Waals surface area contributed by atoms with Crippen molar-refractivity contribution in [1.29, 1.82) is 0 Å². The maximum Gasteiger partial charge on any atom is 0.246 e. The van der Waals surface area contributed by atoms with Crippen LogP contribution in [0.15, 0.2) is 116 Å². The third-order valence-electron chi connectivity index (χ3n) is 25.1. The summed E-state index contributed by atoms with van der Waals surface area (Å²) in [6.07, 6.45) is 3.84. The van der Waals surface area contributed by atoms with Gasteiger partial charge in [-0.1, -0.05) is 132 Å². The van der Waals surface area contributed by atoms with Crippen molar-refractivity contribution in [3.05, 3.63) is 138 Å². The van der Waals surface area contributed by atoms with E-state index >= 15 is 33.6 Å². The average molecular weight is 1890 g/mol. The number of para-hydroxylation sites is 2. The number of ketones is 1. The number of thioether (sulfide) groups is 1. The van der Waals surface area contributed by atoms with Gasteiger partial charge in [-0.2, -0.15) is 0 Å². The van der Waals surface area contributed by atoms with Crippen LogP contribution in [0.2, 0.25) is 0 Å². The van der Waals surface area contributed by atoms with Crippen LogP contribution >= 0.6 is 11.8 Å². The summed E-state index contributed by atoms with van der Waals surface area (Å²) in [4.78, 5) is 263. The Morgan fingerprint density at radius 2 is 1.07 bits per heavy atom. The number of hydrogen-bond donors (Lipinski definition) is 17. The third-order valence-corrected chi connectivity index (χ3v) is 26.1. The zero-order chi connectivity index (χ0) is 98.4. The molecule has 39 nitrogen and oxygen atoms in total. The number of nitrogens with one attached hydrogen (secondary N) is 11. The molecule has 3 fully saturated rings. The van der Waals surface area contributed by atoms with Crippen molar-refractivity contribution < 1.29 is 91.7 Å². The number of aliphatic hydroxyl groups is 1. The van der Waals surface area contributed by atoms with Crippen LogP contribution in [0.1, 0.15) is 147 Å². The van der Waals surface area contributed by atoms with Crippen LogP contribution in [-0.2, 0) is 107 Å². The molecular formula is C95H132N20O19S. The van der Waals surface area contributed by atoms with Gasteiger partial charge in [0.05, 0.1) is 31.4 Å². The summed E-state index contributed by atoms with van der Waals surface area (Å²) in [7, 11) is 3.99. The number of phenols is 1. The van der Waals surface area contributed by atoms with E-state index in [0.29, 0.717) is 70.6 Å². The molecule has 21 N–H and O–H groups in total. The number of nitrogens with zero attached hydrogens (tertiary/aromatic N) is 5. The lowest BCUT2D eigenvalue weighted by Gasteiger charge is -2.36. The largest absolute Gasteiger partial charge is 0.508 e. The van der Waals surface area contributed by atoms with Gasteiger partial charge in [-0.15, -0.1) is 11.8 Å². The zero-order valence-electron chi connectivity index (χ0n) is 77.9. The Hall–Kier alpha value is -12.8. The molecule has 3 aliphatic rings. The maximum absolute atomic E-state index is 15.8. The van der Waals surface area contributed by atoms with Gasteiger partial charge < -0.3 is 115 Å². The molecule has 732 valence electrons. The quantitative estimate of drug-likeness (QED) is 0.0343. The summed E-state index contributed by atoms with van der Waals surface area (Å²) in [5.41, 5.74) is 27.3. The van der Waals surface area contributed by atoms with Crippen molar-refractivity contribution in [3.63, 3.8) is 0 Å². The van der Waals surface area contributed by atoms with E-state index in [2.05, 4.69) is 57.8 Å². The monoisotopic (exact) mass is 1890 g/mol. The Balaban J connectivity index is 1.10. The first-order valence-electron chi connectivity index (χ1n) is 46.2. The summed E-state index contributed by atoms with van der Waals surface area (Å²) >= 11 is 0.788. The minimum Gasteiger partial charge on any atom is -0.508 e. The number of aromatic amines is 2. The fourth-order valence-corrected chi connectivity index (χ4v) is 18.3. The standard InChI is InChI=1S/C95H132N20O19S/c1-9-11-29-75-89(128)104-67(28-20-36-96)86(125)110-74(85(124)102-49-81(99)120)52-135-53-82(121)103-69(40-57-32-34-62(117)35-33-57)91(130)111(6)55(5)83(122)105-71(45-80(98)119)93(132)114-37-21-31-76(114)90(129)108-72(46-97)87(126)106-68(38-54(3)4)94(133)115-50-58(39-56-22-14-13-15-23-56)41-78(115)79(118)44-59(42-60-47-100-65-26-18-16-24-63(60)65)84(123)109-73(51-116)88(127)107-70(43-61-48-101-66-27-19-17-25-64(61)66)92(131)113(8)77(30-12-10-2)95(134)112(75)7/h13-19,22-27,32-35,47-48,54-55,58-59,67-78,100-101,116-117H,9-12,20-21,28-31,36-46,49-53,96-97H2,1-8H3,(H2,98,119)(H2,99,120)(H,102,124)(H,103,121)(H,104,128)(H,105,122)(H,106,126)(H,107,127)(H,108,129)(H,109,123)(H,110,125)/t55-,58+,59+,67-,68-,69-,70-,71-,72-,73-,74-,75-,76-,77-,78-/m0/s1. The average Bonchev–Trinajstić information content (AvgIpc) is 1.77. The number of carbonyl (C=O) groups is 17. The van der Waals surface area contributed by atoms with E-state index in [4.69, 9.17) is 22.9 Å². The van der Waals surface area contributed by atoms with Crippen LogP contribution in [0.5, 0.6) is 5.75 Å². The number of fused-ring (bicyclic) bond motifs is 4. The number of phenolic OH excluding ortho intramolecular Hbond substituents is 1. The maximum atomic E-state index is 15.8. The fraction of sp³-hybridized carbons (Fsp3) is 0.526. The summed E-state index contributed by atoms with van der Waals surface area (Å²) in [5, 5.41) is 46.8. The van der Waals surface area contributed by atoms with Crippen LogP contribution in [0.4, 0.5) is 0 Å². The lowest BCUT2D eigenvalue weighted by molar-refractivity contribution is -0.149. The minimum atomic E-state index is -1.82. The topological polar surface area (TPSA) is 591 Å².